The van der Waals surface area contributed by atoms with Gasteiger partial charge in [0.1, 0.15) is 5.82 Å². The Hall–Kier alpha value is -4.04. The maximum atomic E-state index is 12.4. The highest BCUT2D eigenvalue weighted by molar-refractivity contribution is 7.17. The molecule has 8 heteroatoms. The molecule has 1 amide bonds. The summed E-state index contributed by atoms with van der Waals surface area (Å²) in [7, 11) is 1.84. The molecule has 7 nitrogen and oxygen atoms in total. The van der Waals surface area contributed by atoms with Gasteiger partial charge in [-0.3, -0.25) is 4.79 Å². The van der Waals surface area contributed by atoms with Crippen molar-refractivity contribution in [1.29, 1.82) is 0 Å². The molecule has 0 aliphatic heterocycles. The van der Waals surface area contributed by atoms with Crippen molar-refractivity contribution >= 4 is 50.4 Å². The van der Waals surface area contributed by atoms with Gasteiger partial charge < -0.3 is 10.3 Å². The van der Waals surface area contributed by atoms with Crippen molar-refractivity contribution in [3.05, 3.63) is 77.3 Å². The minimum Gasteiger partial charge on any atom is -0.372 e. The Labute approximate surface area is 181 Å². The topological polar surface area (TPSA) is 95.1 Å². The predicted molar refractivity (Wildman–Crippen MR) is 126 cm³/mol. The van der Waals surface area contributed by atoms with Crippen molar-refractivity contribution in [3.63, 3.8) is 0 Å². The van der Waals surface area contributed by atoms with Gasteiger partial charge in [0.05, 0.1) is 16.4 Å². The number of thiophene rings is 1. The van der Waals surface area contributed by atoms with E-state index in [1.54, 1.807) is 29.7 Å². The monoisotopic (exact) mass is 426 g/mol. The molecule has 0 saturated heterocycles. The maximum absolute atomic E-state index is 12.4. The normalized spacial score (nSPS) is 11.4. The zero-order valence-electron chi connectivity index (χ0n) is 16.6. The third-order valence-electron chi connectivity index (χ3n) is 4.90. The van der Waals surface area contributed by atoms with Gasteiger partial charge >= 0.3 is 0 Å². The lowest BCUT2D eigenvalue weighted by atomic mass is 10.1. The van der Waals surface area contributed by atoms with Crippen LogP contribution < -0.4 is 10.7 Å². The molecular weight excluding hydrogens is 408 g/mol. The van der Waals surface area contributed by atoms with Crippen LogP contribution in [0.5, 0.6) is 0 Å². The number of rotatable bonds is 5. The number of H-pyrrole nitrogens is 1. The number of aromatic amines is 1. The van der Waals surface area contributed by atoms with E-state index in [1.807, 2.05) is 61.1 Å². The number of hydrogen-bond donors (Lipinski definition) is 3. The average molecular weight is 427 g/mol. The molecule has 0 bridgehead atoms. The van der Waals surface area contributed by atoms with E-state index in [0.717, 1.165) is 38.1 Å². The van der Waals surface area contributed by atoms with Crippen LogP contribution in [0.25, 0.3) is 32.5 Å². The van der Waals surface area contributed by atoms with Gasteiger partial charge in [0.2, 0.25) is 0 Å². The summed E-state index contributed by atoms with van der Waals surface area (Å²) in [5, 5.41) is 10.3. The van der Waals surface area contributed by atoms with Crippen LogP contribution in [-0.2, 0) is 0 Å². The molecule has 0 spiro atoms. The van der Waals surface area contributed by atoms with Gasteiger partial charge in [-0.1, -0.05) is 24.3 Å². The van der Waals surface area contributed by atoms with E-state index in [2.05, 4.69) is 30.8 Å². The molecular formula is C23H18N6OS. The lowest BCUT2D eigenvalue weighted by Crippen LogP contribution is -2.17. The third-order valence-corrected chi connectivity index (χ3v) is 5.81. The lowest BCUT2D eigenvalue weighted by molar-refractivity contribution is 0.0955. The fourth-order valence-corrected chi connectivity index (χ4v) is 4.14. The van der Waals surface area contributed by atoms with Crippen molar-refractivity contribution in [3.8, 4) is 11.4 Å². The molecule has 31 heavy (non-hydrogen) atoms. The molecule has 0 aliphatic rings. The van der Waals surface area contributed by atoms with E-state index in [0.29, 0.717) is 11.4 Å². The Kier molecular flexibility index (Phi) is 4.89. The van der Waals surface area contributed by atoms with Crippen LogP contribution in [0.15, 0.2) is 71.3 Å². The zero-order chi connectivity index (χ0) is 21.2. The van der Waals surface area contributed by atoms with Gasteiger partial charge in [-0.15, -0.1) is 11.3 Å². The molecule has 3 N–H and O–H groups in total. The number of nitrogens with one attached hydrogen (secondary N) is 3. The van der Waals surface area contributed by atoms with Gasteiger partial charge in [-0.25, -0.2) is 15.4 Å². The van der Waals surface area contributed by atoms with E-state index in [9.17, 15) is 4.79 Å². The summed E-state index contributed by atoms with van der Waals surface area (Å²) in [5.41, 5.74) is 6.73. The van der Waals surface area contributed by atoms with E-state index >= 15 is 0 Å². The van der Waals surface area contributed by atoms with E-state index < -0.39 is 0 Å². The van der Waals surface area contributed by atoms with Crippen LogP contribution in [0.1, 0.15) is 15.9 Å². The first kappa shape index (κ1) is 19.0. The fraction of sp³-hybridized carbons (Fsp3) is 0.0435. The van der Waals surface area contributed by atoms with E-state index in [1.165, 1.54) is 0 Å². The van der Waals surface area contributed by atoms with Crippen LogP contribution in [-0.4, -0.2) is 34.1 Å². The smallest absolute Gasteiger partial charge is 0.271 e. The van der Waals surface area contributed by atoms with Crippen LogP contribution in [0.3, 0.4) is 0 Å². The summed E-state index contributed by atoms with van der Waals surface area (Å²) in [5.74, 6) is 1.12. The summed E-state index contributed by atoms with van der Waals surface area (Å²) in [6.07, 6.45) is 3.51. The van der Waals surface area contributed by atoms with E-state index in [4.69, 9.17) is 0 Å². The lowest BCUT2D eigenvalue weighted by Gasteiger charge is -2.06. The first-order valence-corrected chi connectivity index (χ1v) is 10.5. The van der Waals surface area contributed by atoms with Crippen LogP contribution in [0.4, 0.5) is 5.82 Å². The fourth-order valence-electron chi connectivity index (χ4n) is 3.31. The van der Waals surface area contributed by atoms with Crippen LogP contribution in [0.2, 0.25) is 0 Å². The standard InChI is InChI=1S/C23H18N6OS/c1-24-22-20-18(9-11-31-20)27-21(28-22)16-4-6-17(7-5-16)23(30)29-26-13-14-2-3-15-8-10-25-19(15)12-14/h2-13,25H,1H3,(H,29,30)(H,24,27,28). The number of fused-ring (bicyclic) bond motifs is 2. The Bertz CT molecular complexity index is 1420. The van der Waals surface area contributed by atoms with Crippen molar-refractivity contribution in [1.82, 2.24) is 20.4 Å². The largest absolute Gasteiger partial charge is 0.372 e. The molecule has 0 radical (unpaired) electrons. The molecule has 0 fully saturated rings. The highest BCUT2D eigenvalue weighted by atomic mass is 32.1. The second-order valence-corrected chi connectivity index (χ2v) is 7.80. The predicted octanol–water partition coefficient (Wildman–Crippen LogP) is 4.65. The van der Waals surface area contributed by atoms with Crippen LogP contribution >= 0.6 is 11.3 Å². The Morgan fingerprint density at radius 1 is 1.10 bits per heavy atom. The van der Waals surface area contributed by atoms with Gasteiger partial charge in [0.15, 0.2) is 5.82 Å². The number of amides is 1. The molecule has 152 valence electrons. The second-order valence-electron chi connectivity index (χ2n) is 6.88. The number of anilines is 1. The quantitative estimate of drug-likeness (QED) is 0.282. The number of benzene rings is 2. The number of aromatic nitrogens is 3. The molecule has 0 aliphatic carbocycles. The van der Waals surface area contributed by atoms with Crippen molar-refractivity contribution < 1.29 is 4.79 Å². The summed E-state index contributed by atoms with van der Waals surface area (Å²) < 4.78 is 1.02. The van der Waals surface area contributed by atoms with Gasteiger partial charge in [-0.05, 0) is 46.7 Å². The van der Waals surface area contributed by atoms with Gasteiger partial charge in [0.25, 0.3) is 5.91 Å². The Balaban J connectivity index is 1.30. The van der Waals surface area contributed by atoms with Crippen molar-refractivity contribution in [2.24, 2.45) is 5.10 Å². The first-order chi connectivity index (χ1) is 15.2. The molecule has 0 unspecified atom stereocenters. The molecule has 5 aromatic rings. The number of hydrazone groups is 1. The maximum Gasteiger partial charge on any atom is 0.271 e. The van der Waals surface area contributed by atoms with Crippen molar-refractivity contribution in [2.45, 2.75) is 0 Å². The van der Waals surface area contributed by atoms with Crippen LogP contribution in [0, 0.1) is 0 Å². The van der Waals surface area contributed by atoms with Gasteiger partial charge in [0, 0.05) is 29.9 Å². The summed E-state index contributed by atoms with van der Waals surface area (Å²) in [4.78, 5) is 24.8. The molecule has 0 atom stereocenters. The van der Waals surface area contributed by atoms with Gasteiger partial charge in [-0.2, -0.15) is 5.10 Å². The molecule has 2 aromatic carbocycles. The Morgan fingerprint density at radius 2 is 1.97 bits per heavy atom. The number of carbonyl (C=O) groups is 1. The third kappa shape index (κ3) is 3.76. The average Bonchev–Trinajstić information content (AvgIpc) is 3.47. The highest BCUT2D eigenvalue weighted by Gasteiger charge is 2.11. The number of nitrogens with zero attached hydrogens (tertiary/aromatic N) is 3. The molecule has 3 aromatic heterocycles. The number of carbonyl (C=O) groups excluding carboxylic acids is 1. The van der Waals surface area contributed by atoms with Crippen molar-refractivity contribution in [2.75, 3.05) is 12.4 Å². The Morgan fingerprint density at radius 3 is 2.81 bits per heavy atom. The molecule has 5 rings (SSSR count). The minimum absolute atomic E-state index is 0.283. The SMILES string of the molecule is CNc1nc(-c2ccc(C(=O)NN=Cc3ccc4cc[nH]c4c3)cc2)nc2ccsc12. The summed E-state index contributed by atoms with van der Waals surface area (Å²) in [6, 6.07) is 17.1. The molecule has 0 saturated carbocycles. The second kappa shape index (κ2) is 8.00. The highest BCUT2D eigenvalue weighted by Crippen LogP contribution is 2.28. The summed E-state index contributed by atoms with van der Waals surface area (Å²) >= 11 is 1.60. The zero-order valence-corrected chi connectivity index (χ0v) is 17.4. The molecule has 3 heterocycles. The van der Waals surface area contributed by atoms with E-state index in [-0.39, 0.29) is 5.91 Å². The first-order valence-electron chi connectivity index (χ1n) is 9.65. The minimum atomic E-state index is -0.283. The number of hydrogen-bond acceptors (Lipinski definition) is 6. The summed E-state index contributed by atoms with van der Waals surface area (Å²) in [6.45, 7) is 0.